The third kappa shape index (κ3) is 1.41. The zero-order valence-electron chi connectivity index (χ0n) is 6.14. The first-order valence-corrected chi connectivity index (χ1v) is 3.19. The number of aromatic nitrogens is 1. The number of ketones is 1. The van der Waals surface area contributed by atoms with Gasteiger partial charge in [0.15, 0.2) is 17.7 Å². The van der Waals surface area contributed by atoms with Crippen molar-refractivity contribution in [3.8, 4) is 0 Å². The van der Waals surface area contributed by atoms with Crippen molar-refractivity contribution in [3.63, 3.8) is 0 Å². The van der Waals surface area contributed by atoms with E-state index in [1.54, 1.807) is 13.1 Å². The van der Waals surface area contributed by atoms with Crippen molar-refractivity contribution < 1.29 is 9.78 Å². The van der Waals surface area contributed by atoms with Crippen LogP contribution in [0.2, 0.25) is 0 Å². The number of H-pyrrole nitrogens is 1. The van der Waals surface area contributed by atoms with Crippen LogP contribution in [0.5, 0.6) is 0 Å². The molecule has 0 spiro atoms. The van der Waals surface area contributed by atoms with E-state index in [9.17, 15) is 4.79 Å². The Bertz CT molecular complexity index is 238. The molecule has 0 aliphatic rings. The summed E-state index contributed by atoms with van der Waals surface area (Å²) in [6.07, 6.45) is 1.72. The Morgan fingerprint density at radius 2 is 2.20 bits per heavy atom. The number of Topliss-reactive ketones (excluding diaryl/α,β-unsaturated/α-hetero) is 1. The van der Waals surface area contributed by atoms with E-state index in [0.717, 1.165) is 11.3 Å². The molecule has 0 aliphatic carbocycles. The van der Waals surface area contributed by atoms with E-state index in [1.165, 1.54) is 0 Å². The zero-order valence-corrected chi connectivity index (χ0v) is 6.14. The third-order valence-corrected chi connectivity index (χ3v) is 1.37. The molecule has 0 aromatic carbocycles. The zero-order chi connectivity index (χ0) is 7.56. The van der Waals surface area contributed by atoms with Gasteiger partial charge in [-0.05, 0) is 13.0 Å². The molecule has 1 aromatic rings. The lowest BCUT2D eigenvalue weighted by Crippen LogP contribution is -2.08. The van der Waals surface area contributed by atoms with Gasteiger partial charge in [-0.1, -0.05) is 0 Å². The fourth-order valence-electron chi connectivity index (χ4n) is 0.722. The molecule has 2 heteroatoms. The second kappa shape index (κ2) is 2.60. The minimum absolute atomic E-state index is 0.0938. The fourth-order valence-corrected chi connectivity index (χ4v) is 0.722. The lowest BCUT2D eigenvalue weighted by atomic mass is 10.2. The van der Waals surface area contributed by atoms with Crippen LogP contribution in [-0.4, -0.2) is 5.78 Å². The van der Waals surface area contributed by atoms with E-state index in [2.05, 4.69) is 4.98 Å². The highest BCUT2D eigenvalue weighted by Gasteiger charge is 2.00. The molecule has 1 aromatic heterocycles. The number of hydrogen-bond acceptors (Lipinski definition) is 1. The maximum absolute atomic E-state index is 10.7. The molecule has 52 valence electrons. The lowest BCUT2D eigenvalue weighted by molar-refractivity contribution is -0.387. The van der Waals surface area contributed by atoms with Gasteiger partial charge in [0.2, 0.25) is 0 Å². The molecule has 2 nitrogen and oxygen atoms in total. The molecule has 0 saturated carbocycles. The van der Waals surface area contributed by atoms with Crippen LogP contribution in [0.1, 0.15) is 23.0 Å². The Labute approximate surface area is 59.9 Å². The van der Waals surface area contributed by atoms with Crippen LogP contribution in [-0.2, 0) is 0 Å². The normalized spacial score (nSPS) is 9.40. The third-order valence-electron chi connectivity index (χ3n) is 1.37. The average molecular weight is 136 g/mol. The summed E-state index contributed by atoms with van der Waals surface area (Å²) >= 11 is 0. The van der Waals surface area contributed by atoms with Crippen LogP contribution in [0.4, 0.5) is 0 Å². The standard InChI is InChI=1S/C8H9NO/c1-6-3-4-8(5-9-6)7(2)10/h3-5H,1-2H3/p+1. The van der Waals surface area contributed by atoms with Crippen LogP contribution in [0.15, 0.2) is 18.3 Å². The smallest absolute Gasteiger partial charge is 0.178 e. The molecular formula is C8H10NO+. The summed E-state index contributed by atoms with van der Waals surface area (Å²) in [6.45, 7) is 3.50. The van der Waals surface area contributed by atoms with E-state index in [1.807, 2.05) is 19.1 Å². The van der Waals surface area contributed by atoms with E-state index < -0.39 is 0 Å². The minimum Gasteiger partial charge on any atom is -0.294 e. The van der Waals surface area contributed by atoms with E-state index in [0.29, 0.717) is 0 Å². The van der Waals surface area contributed by atoms with Crippen molar-refractivity contribution in [2.75, 3.05) is 0 Å². The number of nitrogens with one attached hydrogen (secondary N) is 1. The van der Waals surface area contributed by atoms with Crippen LogP contribution >= 0.6 is 0 Å². The Hall–Kier alpha value is -1.18. The predicted molar refractivity (Wildman–Crippen MR) is 37.7 cm³/mol. The van der Waals surface area contributed by atoms with Gasteiger partial charge in [0.05, 0.1) is 5.56 Å². The highest BCUT2D eigenvalue weighted by Crippen LogP contribution is 1.95. The van der Waals surface area contributed by atoms with Gasteiger partial charge in [-0.25, -0.2) is 4.98 Å². The van der Waals surface area contributed by atoms with Crippen molar-refractivity contribution in [2.45, 2.75) is 13.8 Å². The summed E-state index contributed by atoms with van der Waals surface area (Å²) in [6, 6.07) is 3.70. The topological polar surface area (TPSA) is 31.2 Å². The lowest BCUT2D eigenvalue weighted by Gasteiger charge is -1.87. The monoisotopic (exact) mass is 136 g/mol. The molecular weight excluding hydrogens is 126 g/mol. The van der Waals surface area contributed by atoms with Crippen LogP contribution in [0.25, 0.3) is 0 Å². The highest BCUT2D eigenvalue weighted by atomic mass is 16.1. The number of pyridine rings is 1. The van der Waals surface area contributed by atoms with Crippen LogP contribution in [0.3, 0.4) is 0 Å². The maximum Gasteiger partial charge on any atom is 0.178 e. The summed E-state index contributed by atoms with van der Waals surface area (Å²) in [7, 11) is 0. The van der Waals surface area contributed by atoms with Crippen molar-refractivity contribution in [1.29, 1.82) is 0 Å². The molecule has 0 bridgehead atoms. The van der Waals surface area contributed by atoms with Gasteiger partial charge in [0, 0.05) is 13.0 Å². The van der Waals surface area contributed by atoms with Crippen molar-refractivity contribution in [2.24, 2.45) is 0 Å². The van der Waals surface area contributed by atoms with E-state index >= 15 is 0 Å². The molecule has 10 heavy (non-hydrogen) atoms. The van der Waals surface area contributed by atoms with Crippen molar-refractivity contribution in [3.05, 3.63) is 29.6 Å². The van der Waals surface area contributed by atoms with Gasteiger partial charge in [-0.3, -0.25) is 4.79 Å². The molecule has 0 radical (unpaired) electrons. The average Bonchev–Trinajstić information content (AvgIpc) is 1.88. The predicted octanol–water partition coefficient (Wildman–Crippen LogP) is 1.01. The molecule has 0 saturated heterocycles. The van der Waals surface area contributed by atoms with Gasteiger partial charge in [-0.15, -0.1) is 0 Å². The summed E-state index contributed by atoms with van der Waals surface area (Å²) in [4.78, 5) is 13.7. The maximum atomic E-state index is 10.7. The van der Waals surface area contributed by atoms with Gasteiger partial charge >= 0.3 is 0 Å². The summed E-state index contributed by atoms with van der Waals surface area (Å²) in [5.74, 6) is 0.0938. The first-order chi connectivity index (χ1) is 4.70. The molecule has 0 atom stereocenters. The van der Waals surface area contributed by atoms with Crippen LogP contribution in [0, 0.1) is 6.92 Å². The van der Waals surface area contributed by atoms with E-state index in [4.69, 9.17) is 0 Å². The van der Waals surface area contributed by atoms with Crippen LogP contribution < -0.4 is 4.98 Å². The van der Waals surface area contributed by atoms with Gasteiger partial charge in [0.25, 0.3) is 0 Å². The molecule has 0 aliphatic heterocycles. The molecule has 1 N–H and O–H groups in total. The van der Waals surface area contributed by atoms with Crippen molar-refractivity contribution in [1.82, 2.24) is 0 Å². The summed E-state index contributed by atoms with van der Waals surface area (Å²) in [5, 5.41) is 0. The Balaban J connectivity index is 3.00. The first-order valence-electron chi connectivity index (χ1n) is 3.19. The molecule has 0 fully saturated rings. The summed E-state index contributed by atoms with van der Waals surface area (Å²) < 4.78 is 0. The van der Waals surface area contributed by atoms with Crippen molar-refractivity contribution >= 4 is 5.78 Å². The largest absolute Gasteiger partial charge is 0.294 e. The second-order valence-electron chi connectivity index (χ2n) is 2.32. The van der Waals surface area contributed by atoms with Gasteiger partial charge in [-0.2, -0.15) is 0 Å². The summed E-state index contributed by atoms with van der Waals surface area (Å²) in [5.41, 5.74) is 1.79. The minimum atomic E-state index is 0.0938. The Morgan fingerprint density at radius 1 is 1.50 bits per heavy atom. The quantitative estimate of drug-likeness (QED) is 0.530. The SMILES string of the molecule is CC(=O)c1ccc(C)[nH+]c1. The number of aromatic amines is 1. The molecule has 1 rings (SSSR count). The second-order valence-corrected chi connectivity index (χ2v) is 2.32. The Morgan fingerprint density at radius 3 is 2.60 bits per heavy atom. The molecule has 0 amide bonds. The number of rotatable bonds is 1. The number of aryl methyl sites for hydroxylation is 1. The Kier molecular flexibility index (Phi) is 1.81. The number of hydrogen-bond donors (Lipinski definition) is 0. The highest BCUT2D eigenvalue weighted by molar-refractivity contribution is 5.93. The molecule has 1 heterocycles. The van der Waals surface area contributed by atoms with E-state index in [-0.39, 0.29) is 5.78 Å². The van der Waals surface area contributed by atoms with Gasteiger partial charge in [0.1, 0.15) is 0 Å². The first kappa shape index (κ1) is 6.93. The van der Waals surface area contributed by atoms with Gasteiger partial charge < -0.3 is 0 Å². The number of carbonyl (C=O) groups excluding carboxylic acids is 1. The fraction of sp³-hybridized carbons (Fsp3) is 0.250. The molecule has 0 unspecified atom stereocenters. The number of carbonyl (C=O) groups is 1.